The van der Waals surface area contributed by atoms with Gasteiger partial charge >= 0.3 is 18.1 Å². The number of nitrogens with zero attached hydrogens (tertiary/aromatic N) is 4. The second kappa shape index (κ2) is 12.8. The SMILES string of the molecule is CCCCCOc1ccc(N(C(=O)C(=O)OC)c2nc(-c3ccc(CN(C)C)nc3)cs2)cc1C(F)(F)F. The highest BCUT2D eigenvalue weighted by molar-refractivity contribution is 7.14. The van der Waals surface area contributed by atoms with Gasteiger partial charge in [0.05, 0.1) is 36.4 Å². The molecule has 204 valence electrons. The molecule has 38 heavy (non-hydrogen) atoms. The third-order valence-electron chi connectivity index (χ3n) is 5.38. The van der Waals surface area contributed by atoms with Crippen molar-refractivity contribution < 1.29 is 32.2 Å². The molecule has 2 heterocycles. The maximum Gasteiger partial charge on any atom is 0.420 e. The number of anilines is 2. The van der Waals surface area contributed by atoms with Crippen LogP contribution in [0, 0.1) is 0 Å². The number of hydrogen-bond acceptors (Lipinski definition) is 8. The minimum absolute atomic E-state index is 0.00231. The first-order valence-corrected chi connectivity index (χ1v) is 12.7. The van der Waals surface area contributed by atoms with Crippen LogP contribution in [0.2, 0.25) is 0 Å². The zero-order valence-electron chi connectivity index (χ0n) is 21.5. The summed E-state index contributed by atoms with van der Waals surface area (Å²) in [5.74, 6) is -2.78. The van der Waals surface area contributed by atoms with Crippen molar-refractivity contribution in [1.82, 2.24) is 14.9 Å². The van der Waals surface area contributed by atoms with E-state index in [0.717, 1.165) is 54.0 Å². The van der Waals surface area contributed by atoms with Crippen LogP contribution in [0.5, 0.6) is 5.75 Å². The third-order valence-corrected chi connectivity index (χ3v) is 6.20. The molecule has 0 saturated carbocycles. The van der Waals surface area contributed by atoms with E-state index in [-0.39, 0.29) is 23.2 Å². The Morgan fingerprint density at radius 3 is 2.47 bits per heavy atom. The Balaban J connectivity index is 2.00. The Kier molecular flexibility index (Phi) is 9.81. The fraction of sp³-hybridized carbons (Fsp3) is 0.385. The van der Waals surface area contributed by atoms with Gasteiger partial charge in [0.1, 0.15) is 5.75 Å². The highest BCUT2D eigenvalue weighted by atomic mass is 32.1. The molecule has 0 N–H and O–H groups in total. The van der Waals surface area contributed by atoms with E-state index in [4.69, 9.17) is 4.74 Å². The minimum atomic E-state index is -4.76. The summed E-state index contributed by atoms with van der Waals surface area (Å²) in [4.78, 5) is 36.7. The first-order valence-electron chi connectivity index (χ1n) is 11.9. The molecule has 0 aliphatic rings. The molecule has 12 heteroatoms. The number of hydrogen-bond donors (Lipinski definition) is 0. The molecule has 0 bridgehead atoms. The van der Waals surface area contributed by atoms with E-state index < -0.39 is 23.6 Å². The molecular weight excluding hydrogens is 521 g/mol. The summed E-state index contributed by atoms with van der Waals surface area (Å²) in [5, 5.41) is 1.63. The molecule has 0 spiro atoms. The molecule has 8 nitrogen and oxygen atoms in total. The predicted octanol–water partition coefficient (Wildman–Crippen LogP) is 5.69. The molecule has 0 atom stereocenters. The van der Waals surface area contributed by atoms with E-state index in [1.807, 2.05) is 38.1 Å². The van der Waals surface area contributed by atoms with E-state index in [1.54, 1.807) is 11.6 Å². The number of carbonyl (C=O) groups is 2. The van der Waals surface area contributed by atoms with Crippen LogP contribution in [0.1, 0.15) is 37.4 Å². The lowest BCUT2D eigenvalue weighted by Gasteiger charge is -2.21. The van der Waals surface area contributed by atoms with Crippen LogP contribution in [0.3, 0.4) is 0 Å². The van der Waals surface area contributed by atoms with Gasteiger partial charge in [0.25, 0.3) is 0 Å². The van der Waals surface area contributed by atoms with Crippen LogP contribution < -0.4 is 9.64 Å². The van der Waals surface area contributed by atoms with Crippen molar-refractivity contribution >= 4 is 34.0 Å². The number of amides is 1. The van der Waals surface area contributed by atoms with Crippen LogP contribution in [0.15, 0.2) is 41.9 Å². The van der Waals surface area contributed by atoms with Crippen molar-refractivity contribution in [3.63, 3.8) is 0 Å². The normalized spacial score (nSPS) is 11.5. The number of halogens is 3. The Hall–Kier alpha value is -3.51. The first kappa shape index (κ1) is 29.1. The number of aromatic nitrogens is 2. The highest BCUT2D eigenvalue weighted by Crippen LogP contribution is 2.41. The summed E-state index contributed by atoms with van der Waals surface area (Å²) in [5.41, 5.74) is 0.671. The lowest BCUT2D eigenvalue weighted by molar-refractivity contribution is -0.151. The zero-order valence-corrected chi connectivity index (χ0v) is 22.4. The second-order valence-electron chi connectivity index (χ2n) is 8.66. The Labute approximate surface area is 223 Å². The number of ether oxygens (including phenoxy) is 2. The standard InChI is InChI=1S/C26H29F3N4O4S/c1-5-6-7-12-37-22-11-10-19(13-20(22)26(27,28)29)33(23(34)24(35)36-4)25-31-21(16-38-25)17-8-9-18(30-14-17)15-32(2)3/h8-11,13-14,16H,5-7,12,15H2,1-4H3. The van der Waals surface area contributed by atoms with Crippen molar-refractivity contribution in [2.45, 2.75) is 38.9 Å². The van der Waals surface area contributed by atoms with Gasteiger partial charge < -0.3 is 14.4 Å². The molecule has 3 rings (SSSR count). The molecule has 0 unspecified atom stereocenters. The summed E-state index contributed by atoms with van der Waals surface area (Å²) in [6, 6.07) is 6.84. The predicted molar refractivity (Wildman–Crippen MR) is 138 cm³/mol. The molecule has 2 aromatic heterocycles. The maximum absolute atomic E-state index is 13.9. The van der Waals surface area contributed by atoms with Gasteiger partial charge in [-0.25, -0.2) is 14.7 Å². The molecule has 0 aliphatic carbocycles. The van der Waals surface area contributed by atoms with E-state index in [1.165, 1.54) is 6.07 Å². The molecule has 3 aromatic rings. The number of pyridine rings is 1. The molecule has 1 amide bonds. The van der Waals surface area contributed by atoms with Crippen molar-refractivity contribution in [1.29, 1.82) is 0 Å². The lowest BCUT2D eigenvalue weighted by atomic mass is 10.1. The van der Waals surface area contributed by atoms with Crippen LogP contribution >= 0.6 is 11.3 Å². The van der Waals surface area contributed by atoms with Gasteiger partial charge in [0.2, 0.25) is 0 Å². The molecule has 0 fully saturated rings. The fourth-order valence-electron chi connectivity index (χ4n) is 3.52. The largest absolute Gasteiger partial charge is 0.493 e. The van der Waals surface area contributed by atoms with E-state index in [9.17, 15) is 22.8 Å². The van der Waals surface area contributed by atoms with E-state index >= 15 is 0 Å². The summed E-state index contributed by atoms with van der Waals surface area (Å²) in [6.07, 6.45) is -0.817. The van der Waals surface area contributed by atoms with Gasteiger partial charge in [-0.2, -0.15) is 13.2 Å². The van der Waals surface area contributed by atoms with Crippen molar-refractivity contribution in [2.24, 2.45) is 0 Å². The Bertz CT molecular complexity index is 1250. The first-order chi connectivity index (χ1) is 18.0. The average molecular weight is 551 g/mol. The highest BCUT2D eigenvalue weighted by Gasteiger charge is 2.37. The number of unbranched alkanes of at least 4 members (excludes halogenated alkanes) is 2. The number of carbonyl (C=O) groups excluding carboxylic acids is 2. The Morgan fingerprint density at radius 1 is 1.11 bits per heavy atom. The second-order valence-corrected chi connectivity index (χ2v) is 9.49. The molecule has 1 aromatic carbocycles. The van der Waals surface area contributed by atoms with Crippen molar-refractivity contribution in [3.05, 3.63) is 53.2 Å². The van der Waals surface area contributed by atoms with Gasteiger partial charge in [0, 0.05) is 23.7 Å². The van der Waals surface area contributed by atoms with Crippen LogP contribution in [-0.4, -0.2) is 54.6 Å². The average Bonchev–Trinajstić information content (AvgIpc) is 3.36. The minimum Gasteiger partial charge on any atom is -0.493 e. The van der Waals surface area contributed by atoms with Crippen LogP contribution in [-0.2, 0) is 27.0 Å². The van der Waals surface area contributed by atoms with Gasteiger partial charge in [-0.3, -0.25) is 9.78 Å². The van der Waals surface area contributed by atoms with Gasteiger partial charge in [0.15, 0.2) is 5.13 Å². The summed E-state index contributed by atoms with van der Waals surface area (Å²) in [6.45, 7) is 2.74. The fourth-order valence-corrected chi connectivity index (χ4v) is 4.38. The molecule has 0 saturated heterocycles. The number of benzene rings is 1. The van der Waals surface area contributed by atoms with Gasteiger partial charge in [-0.1, -0.05) is 19.8 Å². The quantitative estimate of drug-likeness (QED) is 0.182. The number of esters is 1. The summed E-state index contributed by atoms with van der Waals surface area (Å²) >= 11 is 0.993. The lowest BCUT2D eigenvalue weighted by Crippen LogP contribution is -2.33. The van der Waals surface area contributed by atoms with Crippen molar-refractivity contribution in [3.8, 4) is 17.0 Å². The van der Waals surface area contributed by atoms with Gasteiger partial charge in [-0.05, 0) is 50.8 Å². The van der Waals surface area contributed by atoms with Crippen LogP contribution in [0.4, 0.5) is 24.0 Å². The van der Waals surface area contributed by atoms with Gasteiger partial charge in [-0.15, -0.1) is 11.3 Å². The van der Waals surface area contributed by atoms with Crippen LogP contribution in [0.25, 0.3) is 11.3 Å². The number of thiazole rings is 1. The maximum atomic E-state index is 13.9. The number of rotatable bonds is 10. The summed E-state index contributed by atoms with van der Waals surface area (Å²) < 4.78 is 51.8. The smallest absolute Gasteiger partial charge is 0.420 e. The zero-order chi connectivity index (χ0) is 27.9. The van der Waals surface area contributed by atoms with E-state index in [0.29, 0.717) is 24.2 Å². The third kappa shape index (κ3) is 7.29. The Morgan fingerprint density at radius 2 is 1.87 bits per heavy atom. The molecular formula is C26H29F3N4O4S. The van der Waals surface area contributed by atoms with E-state index in [2.05, 4.69) is 14.7 Å². The van der Waals surface area contributed by atoms with Crippen molar-refractivity contribution in [2.75, 3.05) is 32.7 Å². The number of alkyl halides is 3. The molecule has 0 aliphatic heterocycles. The monoisotopic (exact) mass is 550 g/mol. The topological polar surface area (TPSA) is 84.9 Å². The number of methoxy groups -OCH3 is 1. The molecule has 0 radical (unpaired) electrons. The summed E-state index contributed by atoms with van der Waals surface area (Å²) in [7, 11) is 4.86.